The molecule has 108 valence electrons. The second-order valence-corrected chi connectivity index (χ2v) is 5.90. The maximum Gasteiger partial charge on any atom is 0.120 e. The van der Waals surface area contributed by atoms with E-state index in [1.807, 2.05) is 6.07 Å². The lowest BCUT2D eigenvalue weighted by Gasteiger charge is -2.08. The maximum atomic E-state index is 5.92. The molecule has 0 aromatic heterocycles. The van der Waals surface area contributed by atoms with Gasteiger partial charge < -0.3 is 10.1 Å². The van der Waals surface area contributed by atoms with Gasteiger partial charge in [0.15, 0.2) is 0 Å². The van der Waals surface area contributed by atoms with Gasteiger partial charge in [-0.1, -0.05) is 37.0 Å². The van der Waals surface area contributed by atoms with E-state index in [4.69, 9.17) is 27.9 Å². The first-order chi connectivity index (χ1) is 9.09. The molecule has 4 heteroatoms. The molecule has 0 saturated carbocycles. The fourth-order valence-electron chi connectivity index (χ4n) is 1.68. The minimum absolute atomic E-state index is 0.539. The highest BCUT2D eigenvalue weighted by atomic mass is 35.5. The zero-order chi connectivity index (χ0) is 14.1. The van der Waals surface area contributed by atoms with Crippen molar-refractivity contribution >= 4 is 23.2 Å². The van der Waals surface area contributed by atoms with Gasteiger partial charge in [-0.15, -0.1) is 0 Å². The molecule has 0 atom stereocenters. The average Bonchev–Trinajstić information content (AvgIpc) is 2.36. The summed E-state index contributed by atoms with van der Waals surface area (Å²) in [5.41, 5.74) is 0. The van der Waals surface area contributed by atoms with Gasteiger partial charge in [-0.25, -0.2) is 0 Å². The zero-order valence-corrected chi connectivity index (χ0v) is 13.2. The number of benzene rings is 1. The second-order valence-electron chi connectivity index (χ2n) is 5.08. The van der Waals surface area contributed by atoms with Crippen molar-refractivity contribution in [3.63, 3.8) is 0 Å². The molecule has 0 saturated heterocycles. The van der Waals surface area contributed by atoms with Gasteiger partial charge >= 0.3 is 0 Å². The molecule has 1 N–H and O–H groups in total. The topological polar surface area (TPSA) is 21.3 Å². The smallest absolute Gasteiger partial charge is 0.120 e. The second kappa shape index (κ2) is 9.46. The monoisotopic (exact) mass is 303 g/mol. The number of hydrogen-bond donors (Lipinski definition) is 1. The number of halogens is 2. The van der Waals surface area contributed by atoms with Crippen LogP contribution in [0, 0.1) is 5.92 Å². The fraction of sp³-hybridized carbons (Fsp3) is 0.600. The van der Waals surface area contributed by atoms with E-state index in [0.717, 1.165) is 37.8 Å². The van der Waals surface area contributed by atoms with Crippen LogP contribution in [-0.2, 0) is 0 Å². The van der Waals surface area contributed by atoms with Gasteiger partial charge in [-0.3, -0.25) is 0 Å². The molecular weight excluding hydrogens is 281 g/mol. The van der Waals surface area contributed by atoms with Crippen molar-refractivity contribution in [1.82, 2.24) is 5.32 Å². The molecule has 0 spiro atoms. The highest BCUT2D eigenvalue weighted by molar-refractivity contribution is 6.42. The SMILES string of the molecule is CC(C)CNCCCCCOc1ccc(Cl)c(Cl)c1. The quantitative estimate of drug-likeness (QED) is 0.662. The van der Waals surface area contributed by atoms with E-state index in [2.05, 4.69) is 19.2 Å². The minimum atomic E-state index is 0.539. The highest BCUT2D eigenvalue weighted by Crippen LogP contribution is 2.26. The Balaban J connectivity index is 2.03. The van der Waals surface area contributed by atoms with Gasteiger partial charge in [-0.05, 0) is 50.4 Å². The van der Waals surface area contributed by atoms with Crippen LogP contribution in [0.3, 0.4) is 0 Å². The molecular formula is C15H23Cl2NO. The van der Waals surface area contributed by atoms with Crippen LogP contribution in [0.25, 0.3) is 0 Å². The van der Waals surface area contributed by atoms with E-state index in [9.17, 15) is 0 Å². The molecule has 1 aromatic rings. The lowest BCUT2D eigenvalue weighted by atomic mass is 10.2. The van der Waals surface area contributed by atoms with E-state index >= 15 is 0 Å². The largest absolute Gasteiger partial charge is 0.494 e. The number of ether oxygens (including phenoxy) is 1. The molecule has 0 bridgehead atoms. The normalized spacial score (nSPS) is 11.0. The van der Waals surface area contributed by atoms with Gasteiger partial charge in [0.2, 0.25) is 0 Å². The van der Waals surface area contributed by atoms with Crippen LogP contribution in [0.1, 0.15) is 33.1 Å². The van der Waals surface area contributed by atoms with E-state index in [1.54, 1.807) is 12.1 Å². The van der Waals surface area contributed by atoms with Crippen molar-refractivity contribution in [2.75, 3.05) is 19.7 Å². The van der Waals surface area contributed by atoms with E-state index in [0.29, 0.717) is 10.0 Å². The van der Waals surface area contributed by atoms with Crippen molar-refractivity contribution in [2.24, 2.45) is 5.92 Å². The van der Waals surface area contributed by atoms with Gasteiger partial charge in [0.05, 0.1) is 16.7 Å². The lowest BCUT2D eigenvalue weighted by molar-refractivity contribution is 0.304. The van der Waals surface area contributed by atoms with Crippen LogP contribution < -0.4 is 10.1 Å². The molecule has 0 aliphatic heterocycles. The summed E-state index contributed by atoms with van der Waals surface area (Å²) in [6, 6.07) is 5.36. The summed E-state index contributed by atoms with van der Waals surface area (Å²) < 4.78 is 5.62. The van der Waals surface area contributed by atoms with Crippen molar-refractivity contribution in [2.45, 2.75) is 33.1 Å². The summed E-state index contributed by atoms with van der Waals surface area (Å²) in [6.07, 6.45) is 3.42. The molecule has 0 amide bonds. The lowest BCUT2D eigenvalue weighted by Crippen LogP contribution is -2.20. The summed E-state index contributed by atoms with van der Waals surface area (Å²) in [7, 11) is 0. The van der Waals surface area contributed by atoms with E-state index < -0.39 is 0 Å². The Morgan fingerprint density at radius 1 is 1.11 bits per heavy atom. The third-order valence-electron chi connectivity index (χ3n) is 2.71. The third-order valence-corrected chi connectivity index (χ3v) is 3.45. The average molecular weight is 304 g/mol. The molecule has 1 aromatic carbocycles. The van der Waals surface area contributed by atoms with Crippen LogP contribution in [0.4, 0.5) is 0 Å². The Bertz CT molecular complexity index is 369. The van der Waals surface area contributed by atoms with Crippen LogP contribution in [-0.4, -0.2) is 19.7 Å². The molecule has 0 heterocycles. The molecule has 19 heavy (non-hydrogen) atoms. The molecule has 0 unspecified atom stereocenters. The van der Waals surface area contributed by atoms with E-state index in [1.165, 1.54) is 12.8 Å². The van der Waals surface area contributed by atoms with Crippen LogP contribution in [0.5, 0.6) is 5.75 Å². The summed E-state index contributed by atoms with van der Waals surface area (Å²) in [6.45, 7) is 7.35. The number of rotatable bonds is 9. The van der Waals surface area contributed by atoms with E-state index in [-0.39, 0.29) is 0 Å². The molecule has 0 radical (unpaired) electrons. The molecule has 0 aliphatic rings. The third kappa shape index (κ3) is 7.66. The first-order valence-corrected chi connectivity index (χ1v) is 7.63. The van der Waals surface area contributed by atoms with Crippen molar-refractivity contribution in [1.29, 1.82) is 0 Å². The summed E-state index contributed by atoms with van der Waals surface area (Å²) in [4.78, 5) is 0. The van der Waals surface area contributed by atoms with Crippen molar-refractivity contribution < 1.29 is 4.74 Å². The first-order valence-electron chi connectivity index (χ1n) is 6.88. The standard InChI is InChI=1S/C15H23Cl2NO/c1-12(2)11-18-8-4-3-5-9-19-13-6-7-14(16)15(17)10-13/h6-7,10,12,18H,3-5,8-9,11H2,1-2H3. The van der Waals surface area contributed by atoms with Crippen LogP contribution >= 0.6 is 23.2 Å². The maximum absolute atomic E-state index is 5.92. The van der Waals surface area contributed by atoms with Crippen molar-refractivity contribution in [3.05, 3.63) is 28.2 Å². The van der Waals surface area contributed by atoms with Gasteiger partial charge in [-0.2, -0.15) is 0 Å². The van der Waals surface area contributed by atoms with Crippen LogP contribution in [0.2, 0.25) is 10.0 Å². The Labute approximate surface area is 126 Å². The summed E-state index contributed by atoms with van der Waals surface area (Å²) in [5.74, 6) is 1.50. The minimum Gasteiger partial charge on any atom is -0.494 e. The Hall–Kier alpha value is -0.440. The number of unbranched alkanes of at least 4 members (excludes halogenated alkanes) is 2. The molecule has 0 fully saturated rings. The Morgan fingerprint density at radius 3 is 2.58 bits per heavy atom. The Morgan fingerprint density at radius 2 is 1.89 bits per heavy atom. The predicted molar refractivity (Wildman–Crippen MR) is 83.5 cm³/mol. The summed E-state index contributed by atoms with van der Waals surface area (Å²) in [5, 5.41) is 4.53. The van der Waals surface area contributed by atoms with Gasteiger partial charge in [0.1, 0.15) is 5.75 Å². The van der Waals surface area contributed by atoms with Gasteiger partial charge in [0.25, 0.3) is 0 Å². The van der Waals surface area contributed by atoms with Crippen LogP contribution in [0.15, 0.2) is 18.2 Å². The Kier molecular flexibility index (Phi) is 8.27. The molecule has 1 rings (SSSR count). The zero-order valence-electron chi connectivity index (χ0n) is 11.7. The highest BCUT2D eigenvalue weighted by Gasteiger charge is 2.00. The summed E-state index contributed by atoms with van der Waals surface area (Å²) >= 11 is 11.8. The van der Waals surface area contributed by atoms with Gasteiger partial charge in [0, 0.05) is 6.07 Å². The molecule has 0 aliphatic carbocycles. The number of hydrogen-bond acceptors (Lipinski definition) is 2. The fourth-order valence-corrected chi connectivity index (χ4v) is 1.96. The predicted octanol–water partition coefficient (Wildman–Crippen LogP) is 4.79. The van der Waals surface area contributed by atoms with Crippen molar-refractivity contribution in [3.8, 4) is 5.75 Å². The number of nitrogens with one attached hydrogen (secondary N) is 1. The first kappa shape index (κ1) is 16.6. The molecule has 2 nitrogen and oxygen atoms in total.